The van der Waals surface area contributed by atoms with E-state index < -0.39 is 0 Å². The standard InChI is InChI=1S/C24H40O2/c1-3-5-7-8-9-10-11-12-13-14-20-26-24(25)21-23-18-16-22(17-19-23)15-6-4-2/h16-19H,3-15,20-21H2,1-2H3. The molecule has 0 aliphatic carbocycles. The lowest BCUT2D eigenvalue weighted by Gasteiger charge is -2.06. The minimum atomic E-state index is -0.0952. The zero-order valence-electron chi connectivity index (χ0n) is 17.2. The van der Waals surface area contributed by atoms with Gasteiger partial charge in [0, 0.05) is 0 Å². The number of aryl methyl sites for hydroxylation is 1. The van der Waals surface area contributed by atoms with E-state index in [0.717, 1.165) is 18.4 Å². The highest BCUT2D eigenvalue weighted by Crippen LogP contribution is 2.11. The Labute approximate surface area is 161 Å². The molecule has 1 aromatic rings. The minimum absolute atomic E-state index is 0.0952. The van der Waals surface area contributed by atoms with Crippen LogP contribution < -0.4 is 0 Å². The molecule has 0 unspecified atom stereocenters. The third-order valence-electron chi connectivity index (χ3n) is 4.95. The van der Waals surface area contributed by atoms with E-state index in [4.69, 9.17) is 4.74 Å². The van der Waals surface area contributed by atoms with E-state index in [-0.39, 0.29) is 5.97 Å². The lowest BCUT2D eigenvalue weighted by atomic mass is 10.1. The first kappa shape index (κ1) is 22.7. The molecule has 0 bridgehead atoms. The monoisotopic (exact) mass is 360 g/mol. The van der Waals surface area contributed by atoms with Crippen LogP contribution in [0.15, 0.2) is 24.3 Å². The maximum absolute atomic E-state index is 11.9. The van der Waals surface area contributed by atoms with Gasteiger partial charge in [0.1, 0.15) is 0 Å². The normalized spacial score (nSPS) is 10.8. The molecule has 148 valence electrons. The molecule has 1 rings (SSSR count). The van der Waals surface area contributed by atoms with Crippen molar-refractivity contribution in [2.45, 2.75) is 104 Å². The smallest absolute Gasteiger partial charge is 0.310 e. The number of unbranched alkanes of at least 4 members (excludes halogenated alkanes) is 10. The second-order valence-corrected chi connectivity index (χ2v) is 7.50. The fourth-order valence-electron chi connectivity index (χ4n) is 3.20. The van der Waals surface area contributed by atoms with Crippen molar-refractivity contribution in [2.24, 2.45) is 0 Å². The number of carbonyl (C=O) groups is 1. The Morgan fingerprint density at radius 1 is 0.692 bits per heavy atom. The van der Waals surface area contributed by atoms with Gasteiger partial charge in [0.2, 0.25) is 0 Å². The van der Waals surface area contributed by atoms with Crippen LogP contribution in [-0.2, 0) is 22.4 Å². The highest BCUT2D eigenvalue weighted by molar-refractivity contribution is 5.72. The summed E-state index contributed by atoms with van der Waals surface area (Å²) in [7, 11) is 0. The largest absolute Gasteiger partial charge is 0.465 e. The first-order valence-electron chi connectivity index (χ1n) is 11.0. The molecule has 0 amide bonds. The van der Waals surface area contributed by atoms with Crippen LogP contribution in [-0.4, -0.2) is 12.6 Å². The molecule has 0 N–H and O–H groups in total. The zero-order valence-corrected chi connectivity index (χ0v) is 17.2. The van der Waals surface area contributed by atoms with Gasteiger partial charge in [-0.05, 0) is 30.4 Å². The second-order valence-electron chi connectivity index (χ2n) is 7.50. The predicted molar refractivity (Wildman–Crippen MR) is 112 cm³/mol. The van der Waals surface area contributed by atoms with Crippen molar-refractivity contribution < 1.29 is 9.53 Å². The number of rotatable bonds is 16. The van der Waals surface area contributed by atoms with Gasteiger partial charge < -0.3 is 4.74 Å². The number of ether oxygens (including phenoxy) is 1. The minimum Gasteiger partial charge on any atom is -0.465 e. The third kappa shape index (κ3) is 12.1. The molecule has 0 heterocycles. The molecule has 0 atom stereocenters. The topological polar surface area (TPSA) is 26.3 Å². The molecule has 0 radical (unpaired) electrons. The van der Waals surface area contributed by atoms with Crippen LogP contribution in [0, 0.1) is 0 Å². The van der Waals surface area contributed by atoms with Crippen LogP contribution in [0.5, 0.6) is 0 Å². The summed E-state index contributed by atoms with van der Waals surface area (Å²) in [6.45, 7) is 5.04. The van der Waals surface area contributed by atoms with Gasteiger partial charge in [0.25, 0.3) is 0 Å². The Morgan fingerprint density at radius 3 is 1.77 bits per heavy atom. The summed E-state index contributed by atoms with van der Waals surface area (Å²) in [4.78, 5) is 11.9. The Kier molecular flexibility index (Phi) is 13.9. The Morgan fingerprint density at radius 2 is 1.19 bits per heavy atom. The molecule has 26 heavy (non-hydrogen) atoms. The van der Waals surface area contributed by atoms with E-state index in [0.29, 0.717) is 13.0 Å². The molecule has 0 aliphatic heterocycles. The highest BCUT2D eigenvalue weighted by atomic mass is 16.5. The summed E-state index contributed by atoms with van der Waals surface area (Å²) >= 11 is 0. The number of esters is 1. The molecule has 1 aromatic carbocycles. The van der Waals surface area contributed by atoms with E-state index in [2.05, 4.69) is 38.1 Å². The number of carbonyl (C=O) groups excluding carboxylic acids is 1. The highest BCUT2D eigenvalue weighted by Gasteiger charge is 2.05. The fraction of sp³-hybridized carbons (Fsp3) is 0.708. The summed E-state index contributed by atoms with van der Waals surface area (Å²) in [5.74, 6) is -0.0952. The second kappa shape index (κ2) is 15.9. The summed E-state index contributed by atoms with van der Waals surface area (Å²) in [5, 5.41) is 0. The Bertz CT molecular complexity index is 450. The molecule has 0 aromatic heterocycles. The van der Waals surface area contributed by atoms with Crippen LogP contribution in [0.1, 0.15) is 102 Å². The average Bonchev–Trinajstić information content (AvgIpc) is 2.65. The number of hydrogen-bond donors (Lipinski definition) is 0. The van der Waals surface area contributed by atoms with Crippen LogP contribution in [0.2, 0.25) is 0 Å². The van der Waals surface area contributed by atoms with Gasteiger partial charge in [-0.1, -0.05) is 102 Å². The lowest BCUT2D eigenvalue weighted by Crippen LogP contribution is -2.09. The van der Waals surface area contributed by atoms with Crippen molar-refractivity contribution in [3.63, 3.8) is 0 Å². The number of benzene rings is 1. The van der Waals surface area contributed by atoms with Gasteiger partial charge in [-0.3, -0.25) is 4.79 Å². The van der Waals surface area contributed by atoms with E-state index >= 15 is 0 Å². The van der Waals surface area contributed by atoms with Gasteiger partial charge >= 0.3 is 5.97 Å². The quantitative estimate of drug-likeness (QED) is 0.233. The molecular formula is C24H40O2. The molecule has 0 saturated carbocycles. The van der Waals surface area contributed by atoms with Crippen molar-refractivity contribution in [1.82, 2.24) is 0 Å². The van der Waals surface area contributed by atoms with Crippen molar-refractivity contribution in [3.05, 3.63) is 35.4 Å². The summed E-state index contributed by atoms with van der Waals surface area (Å²) in [6, 6.07) is 8.40. The van der Waals surface area contributed by atoms with Gasteiger partial charge in [-0.2, -0.15) is 0 Å². The molecule has 0 spiro atoms. The van der Waals surface area contributed by atoms with E-state index in [1.807, 2.05) is 0 Å². The maximum atomic E-state index is 11.9. The molecular weight excluding hydrogens is 320 g/mol. The van der Waals surface area contributed by atoms with E-state index in [9.17, 15) is 4.79 Å². The van der Waals surface area contributed by atoms with Crippen LogP contribution >= 0.6 is 0 Å². The Hall–Kier alpha value is -1.31. The SMILES string of the molecule is CCCCCCCCCCCCOC(=O)Cc1ccc(CCCC)cc1. The molecule has 0 aliphatic rings. The molecule has 2 nitrogen and oxygen atoms in total. The van der Waals surface area contributed by atoms with Gasteiger partial charge in [0.05, 0.1) is 13.0 Å². The fourth-order valence-corrected chi connectivity index (χ4v) is 3.20. The molecule has 0 fully saturated rings. The van der Waals surface area contributed by atoms with Gasteiger partial charge in [0.15, 0.2) is 0 Å². The average molecular weight is 361 g/mol. The maximum Gasteiger partial charge on any atom is 0.310 e. The van der Waals surface area contributed by atoms with Crippen LogP contribution in [0.3, 0.4) is 0 Å². The predicted octanol–water partition coefficient (Wildman–Crippen LogP) is 7.04. The zero-order chi connectivity index (χ0) is 18.9. The van der Waals surface area contributed by atoms with Gasteiger partial charge in [-0.25, -0.2) is 0 Å². The van der Waals surface area contributed by atoms with Gasteiger partial charge in [-0.15, -0.1) is 0 Å². The summed E-state index contributed by atoms with van der Waals surface area (Å²) in [6.07, 6.45) is 17.0. The molecule has 0 saturated heterocycles. The lowest BCUT2D eigenvalue weighted by molar-refractivity contribution is -0.142. The summed E-state index contributed by atoms with van der Waals surface area (Å²) in [5.41, 5.74) is 2.41. The first-order valence-corrected chi connectivity index (χ1v) is 11.0. The number of hydrogen-bond acceptors (Lipinski definition) is 2. The van der Waals surface area contributed by atoms with Crippen LogP contribution in [0.4, 0.5) is 0 Å². The molecule has 2 heteroatoms. The summed E-state index contributed by atoms with van der Waals surface area (Å²) < 4.78 is 5.37. The van der Waals surface area contributed by atoms with Crippen molar-refractivity contribution in [3.8, 4) is 0 Å². The van der Waals surface area contributed by atoms with Crippen LogP contribution in [0.25, 0.3) is 0 Å². The Balaban J connectivity index is 1.98. The van der Waals surface area contributed by atoms with E-state index in [1.165, 1.54) is 76.2 Å². The van der Waals surface area contributed by atoms with Crippen molar-refractivity contribution in [2.75, 3.05) is 6.61 Å². The third-order valence-corrected chi connectivity index (χ3v) is 4.95. The van der Waals surface area contributed by atoms with Crippen molar-refractivity contribution in [1.29, 1.82) is 0 Å². The van der Waals surface area contributed by atoms with Crippen molar-refractivity contribution >= 4 is 5.97 Å². The van der Waals surface area contributed by atoms with E-state index in [1.54, 1.807) is 0 Å². The first-order chi connectivity index (χ1) is 12.8.